The zero-order chi connectivity index (χ0) is 13.5. The maximum Gasteiger partial charge on any atom is 0.149 e. The third-order valence-corrected chi connectivity index (χ3v) is 6.16. The standard InChI is InChI=1S/C17H29NO/c1-3-16(19)15-11-17(12-18(15)4-2)10-14(17)13-8-6-5-7-9-13/h13-15H,3-12H2,1-2H3/t14-,15-,17+/m0/s1. The van der Waals surface area contributed by atoms with Crippen molar-refractivity contribution in [2.45, 2.75) is 71.3 Å². The molecular weight excluding hydrogens is 234 g/mol. The fraction of sp³-hybridized carbons (Fsp3) is 0.941. The third kappa shape index (κ3) is 2.37. The molecule has 19 heavy (non-hydrogen) atoms. The zero-order valence-electron chi connectivity index (χ0n) is 12.7. The van der Waals surface area contributed by atoms with Crippen molar-refractivity contribution < 1.29 is 4.79 Å². The molecule has 1 saturated heterocycles. The summed E-state index contributed by atoms with van der Waals surface area (Å²) in [7, 11) is 0. The third-order valence-electron chi connectivity index (χ3n) is 6.16. The molecule has 0 aromatic rings. The van der Waals surface area contributed by atoms with Crippen LogP contribution in [0.25, 0.3) is 0 Å². The normalized spacial score (nSPS) is 39.9. The first-order chi connectivity index (χ1) is 9.20. The molecule has 0 N–H and O–H groups in total. The summed E-state index contributed by atoms with van der Waals surface area (Å²) in [4.78, 5) is 14.6. The molecule has 2 saturated carbocycles. The second-order valence-electron chi connectivity index (χ2n) is 7.17. The van der Waals surface area contributed by atoms with Crippen LogP contribution in [0, 0.1) is 17.3 Å². The Bertz CT molecular complexity index is 347. The zero-order valence-corrected chi connectivity index (χ0v) is 12.7. The van der Waals surface area contributed by atoms with E-state index in [4.69, 9.17) is 0 Å². The number of nitrogens with zero attached hydrogens (tertiary/aromatic N) is 1. The minimum absolute atomic E-state index is 0.253. The first-order valence-corrected chi connectivity index (χ1v) is 8.47. The molecule has 108 valence electrons. The molecule has 0 aromatic carbocycles. The molecule has 1 heterocycles. The van der Waals surface area contributed by atoms with Crippen LogP contribution in [0.5, 0.6) is 0 Å². The Morgan fingerprint density at radius 1 is 1.16 bits per heavy atom. The molecule has 0 unspecified atom stereocenters. The highest BCUT2D eigenvalue weighted by molar-refractivity contribution is 5.84. The molecule has 3 aliphatic rings. The molecule has 3 atom stereocenters. The fourth-order valence-electron chi connectivity index (χ4n) is 4.98. The molecule has 3 fully saturated rings. The van der Waals surface area contributed by atoms with Gasteiger partial charge in [-0.15, -0.1) is 0 Å². The van der Waals surface area contributed by atoms with Crippen LogP contribution in [-0.4, -0.2) is 29.8 Å². The summed E-state index contributed by atoms with van der Waals surface area (Å²) in [6.07, 6.45) is 10.6. The van der Waals surface area contributed by atoms with Crippen molar-refractivity contribution in [2.24, 2.45) is 17.3 Å². The molecule has 1 spiro atoms. The average Bonchev–Trinajstić information content (AvgIpc) is 3.02. The van der Waals surface area contributed by atoms with Crippen molar-refractivity contribution in [1.82, 2.24) is 4.90 Å². The molecule has 0 radical (unpaired) electrons. The van der Waals surface area contributed by atoms with Crippen LogP contribution in [0.15, 0.2) is 0 Å². The average molecular weight is 263 g/mol. The topological polar surface area (TPSA) is 20.3 Å². The fourth-order valence-corrected chi connectivity index (χ4v) is 4.98. The Labute approximate surface area is 117 Å². The number of hydrogen-bond acceptors (Lipinski definition) is 2. The van der Waals surface area contributed by atoms with Gasteiger partial charge in [-0.3, -0.25) is 9.69 Å². The summed E-state index contributed by atoms with van der Waals surface area (Å²) in [6, 6.07) is 0.253. The lowest BCUT2D eigenvalue weighted by atomic mass is 9.82. The molecule has 0 amide bonds. The molecular formula is C17H29NO. The molecule has 1 aliphatic heterocycles. The summed E-state index contributed by atoms with van der Waals surface area (Å²) < 4.78 is 0. The minimum atomic E-state index is 0.253. The number of likely N-dealkylation sites (tertiary alicyclic amines) is 1. The number of rotatable bonds is 4. The van der Waals surface area contributed by atoms with E-state index in [1.165, 1.54) is 51.5 Å². The maximum absolute atomic E-state index is 12.1. The van der Waals surface area contributed by atoms with E-state index in [-0.39, 0.29) is 6.04 Å². The Morgan fingerprint density at radius 3 is 2.53 bits per heavy atom. The molecule has 2 aliphatic carbocycles. The van der Waals surface area contributed by atoms with Crippen molar-refractivity contribution >= 4 is 5.78 Å². The van der Waals surface area contributed by atoms with Crippen molar-refractivity contribution in [3.63, 3.8) is 0 Å². The van der Waals surface area contributed by atoms with E-state index >= 15 is 0 Å². The summed E-state index contributed by atoms with van der Waals surface area (Å²) in [5.41, 5.74) is 0.549. The lowest BCUT2D eigenvalue weighted by Gasteiger charge is -2.24. The van der Waals surface area contributed by atoms with Gasteiger partial charge in [-0.05, 0) is 36.6 Å². The van der Waals surface area contributed by atoms with Gasteiger partial charge in [0.15, 0.2) is 0 Å². The number of carbonyl (C=O) groups excluding carboxylic acids is 1. The van der Waals surface area contributed by atoms with Gasteiger partial charge in [0.1, 0.15) is 5.78 Å². The van der Waals surface area contributed by atoms with Gasteiger partial charge >= 0.3 is 0 Å². The molecule has 3 rings (SSSR count). The Morgan fingerprint density at radius 2 is 1.89 bits per heavy atom. The lowest BCUT2D eigenvalue weighted by Crippen LogP contribution is -2.35. The summed E-state index contributed by atoms with van der Waals surface area (Å²) in [5.74, 6) is 2.42. The first kappa shape index (κ1) is 13.6. The van der Waals surface area contributed by atoms with E-state index in [9.17, 15) is 4.79 Å². The summed E-state index contributed by atoms with van der Waals surface area (Å²) in [6.45, 7) is 6.50. The van der Waals surface area contributed by atoms with Gasteiger partial charge in [0.05, 0.1) is 6.04 Å². The predicted octanol–water partition coefficient (Wildman–Crippen LogP) is 3.65. The smallest absolute Gasteiger partial charge is 0.149 e. The first-order valence-electron chi connectivity index (χ1n) is 8.47. The lowest BCUT2D eigenvalue weighted by molar-refractivity contribution is -0.123. The van der Waals surface area contributed by atoms with Gasteiger partial charge in [-0.25, -0.2) is 0 Å². The Kier molecular flexibility index (Phi) is 3.72. The summed E-state index contributed by atoms with van der Waals surface area (Å²) in [5, 5.41) is 0. The monoisotopic (exact) mass is 263 g/mol. The van der Waals surface area contributed by atoms with Crippen LogP contribution >= 0.6 is 0 Å². The number of ketones is 1. The van der Waals surface area contributed by atoms with Crippen LogP contribution in [0.1, 0.15) is 65.2 Å². The quantitative estimate of drug-likeness (QED) is 0.771. The number of hydrogen-bond donors (Lipinski definition) is 0. The highest BCUT2D eigenvalue weighted by Gasteiger charge is 2.62. The van der Waals surface area contributed by atoms with Crippen LogP contribution in [-0.2, 0) is 4.79 Å². The molecule has 0 bridgehead atoms. The van der Waals surface area contributed by atoms with Gasteiger partial charge in [0.2, 0.25) is 0 Å². The van der Waals surface area contributed by atoms with Gasteiger partial charge in [0, 0.05) is 13.0 Å². The highest BCUT2D eigenvalue weighted by atomic mass is 16.1. The largest absolute Gasteiger partial charge is 0.298 e. The summed E-state index contributed by atoms with van der Waals surface area (Å²) >= 11 is 0. The van der Waals surface area contributed by atoms with Crippen molar-refractivity contribution in [2.75, 3.05) is 13.1 Å². The van der Waals surface area contributed by atoms with Crippen LogP contribution < -0.4 is 0 Å². The molecule has 2 nitrogen and oxygen atoms in total. The van der Waals surface area contributed by atoms with Crippen LogP contribution in [0.2, 0.25) is 0 Å². The van der Waals surface area contributed by atoms with Crippen molar-refractivity contribution in [3.05, 3.63) is 0 Å². The van der Waals surface area contributed by atoms with E-state index in [1.807, 2.05) is 6.92 Å². The van der Waals surface area contributed by atoms with Crippen molar-refractivity contribution in [1.29, 1.82) is 0 Å². The van der Waals surface area contributed by atoms with E-state index in [2.05, 4.69) is 11.8 Å². The van der Waals surface area contributed by atoms with E-state index in [0.717, 1.165) is 18.4 Å². The SMILES string of the molecule is CCC(=O)[C@@H]1C[C@]2(C[C@H]2C2CCCCC2)CN1CC. The minimum Gasteiger partial charge on any atom is -0.298 e. The van der Waals surface area contributed by atoms with E-state index in [0.29, 0.717) is 17.6 Å². The van der Waals surface area contributed by atoms with Gasteiger partial charge < -0.3 is 0 Å². The molecule has 0 aromatic heterocycles. The van der Waals surface area contributed by atoms with Crippen LogP contribution in [0.3, 0.4) is 0 Å². The van der Waals surface area contributed by atoms with E-state index in [1.54, 1.807) is 0 Å². The number of likely N-dealkylation sites (N-methyl/N-ethyl adjacent to an activating group) is 1. The van der Waals surface area contributed by atoms with E-state index < -0.39 is 0 Å². The highest BCUT2D eigenvalue weighted by Crippen LogP contribution is 2.65. The second kappa shape index (κ2) is 5.20. The van der Waals surface area contributed by atoms with Gasteiger partial charge in [0.25, 0.3) is 0 Å². The second-order valence-corrected chi connectivity index (χ2v) is 7.17. The van der Waals surface area contributed by atoms with Crippen LogP contribution in [0.4, 0.5) is 0 Å². The predicted molar refractivity (Wildman–Crippen MR) is 78.1 cm³/mol. The van der Waals surface area contributed by atoms with Gasteiger partial charge in [-0.1, -0.05) is 46.0 Å². The maximum atomic E-state index is 12.1. The molecule has 2 heteroatoms. The number of carbonyl (C=O) groups is 1. The number of Topliss-reactive ketones (excluding diaryl/α,β-unsaturated/α-hetero) is 1. The Balaban J connectivity index is 1.65. The van der Waals surface area contributed by atoms with Gasteiger partial charge in [-0.2, -0.15) is 0 Å². The Hall–Kier alpha value is -0.370. The van der Waals surface area contributed by atoms with Crippen molar-refractivity contribution in [3.8, 4) is 0 Å².